The molecule has 21 heavy (non-hydrogen) atoms. The summed E-state index contributed by atoms with van der Waals surface area (Å²) in [5.74, 6) is 0.531. The molecule has 1 N–H and O–H groups in total. The molecule has 1 heterocycles. The van der Waals surface area contributed by atoms with Crippen molar-refractivity contribution in [2.24, 2.45) is 5.10 Å². The van der Waals surface area contributed by atoms with Gasteiger partial charge in [-0.2, -0.15) is 5.10 Å². The smallest absolute Gasteiger partial charge is 0.427 e. The fourth-order valence-corrected chi connectivity index (χ4v) is 2.29. The zero-order valence-corrected chi connectivity index (χ0v) is 12.8. The number of carbonyl (C=O) groups excluding carboxylic acids is 1. The summed E-state index contributed by atoms with van der Waals surface area (Å²) in [6.07, 6.45) is 0.805. The Bertz CT molecular complexity index is 625. The van der Waals surface area contributed by atoms with E-state index in [0.29, 0.717) is 17.4 Å². The average Bonchev–Trinajstić information content (AvgIpc) is 2.89. The van der Waals surface area contributed by atoms with E-state index < -0.39 is 6.09 Å². The van der Waals surface area contributed by atoms with Crippen LogP contribution in [0.25, 0.3) is 0 Å². The lowest BCUT2D eigenvalue weighted by Gasteiger charge is -1.98. The van der Waals surface area contributed by atoms with E-state index >= 15 is 0 Å². The Morgan fingerprint density at radius 3 is 2.86 bits per heavy atom. The Kier molecular flexibility index (Phi) is 5.71. The number of rotatable bonds is 5. The zero-order chi connectivity index (χ0) is 15.1. The molecule has 2 rings (SSSR count). The molecule has 0 aliphatic rings. The van der Waals surface area contributed by atoms with Crippen molar-refractivity contribution >= 4 is 35.7 Å². The van der Waals surface area contributed by atoms with Gasteiger partial charge in [0, 0.05) is 9.92 Å². The Morgan fingerprint density at radius 2 is 2.14 bits per heavy atom. The van der Waals surface area contributed by atoms with Crippen LogP contribution in [0.4, 0.5) is 4.79 Å². The van der Waals surface area contributed by atoms with Gasteiger partial charge in [0.05, 0.1) is 12.8 Å². The minimum Gasteiger partial charge on any atom is -0.449 e. The molecule has 0 bridgehead atoms. The summed E-state index contributed by atoms with van der Waals surface area (Å²) in [5, 5.41) is 5.13. The molecule has 7 heteroatoms. The highest BCUT2D eigenvalue weighted by Gasteiger charge is 2.03. The number of ether oxygens (including phenoxy) is 1. The van der Waals surface area contributed by atoms with Crippen LogP contribution in [0.5, 0.6) is 0 Å². The van der Waals surface area contributed by atoms with Gasteiger partial charge in [-0.25, -0.2) is 10.2 Å². The first-order valence-corrected chi connectivity index (χ1v) is 7.36. The van der Waals surface area contributed by atoms with Crippen LogP contribution >= 0.6 is 23.4 Å². The van der Waals surface area contributed by atoms with Gasteiger partial charge in [-0.3, -0.25) is 0 Å². The largest absolute Gasteiger partial charge is 0.449 e. The van der Waals surface area contributed by atoms with Crippen molar-refractivity contribution in [2.75, 3.05) is 6.61 Å². The van der Waals surface area contributed by atoms with E-state index in [1.165, 1.54) is 18.0 Å². The maximum absolute atomic E-state index is 11.0. The van der Waals surface area contributed by atoms with Crippen LogP contribution in [0.3, 0.4) is 0 Å². The molecule has 0 atom stereocenters. The molecule has 0 spiro atoms. The second kappa shape index (κ2) is 7.75. The van der Waals surface area contributed by atoms with Gasteiger partial charge in [-0.1, -0.05) is 23.4 Å². The fourth-order valence-electron chi connectivity index (χ4n) is 1.39. The van der Waals surface area contributed by atoms with Crippen LogP contribution in [-0.4, -0.2) is 18.9 Å². The zero-order valence-electron chi connectivity index (χ0n) is 11.2. The summed E-state index contributed by atoms with van der Waals surface area (Å²) in [5.41, 5.74) is 2.22. The average molecular weight is 325 g/mol. The van der Waals surface area contributed by atoms with Crippen molar-refractivity contribution in [1.29, 1.82) is 0 Å². The maximum atomic E-state index is 11.0. The van der Waals surface area contributed by atoms with E-state index in [0.717, 1.165) is 9.99 Å². The summed E-state index contributed by atoms with van der Waals surface area (Å²) in [6.45, 7) is 2.01. The number of benzene rings is 1. The Balaban J connectivity index is 1.90. The van der Waals surface area contributed by atoms with E-state index in [2.05, 4.69) is 15.3 Å². The molecule has 1 amide bonds. The highest BCUT2D eigenvalue weighted by Crippen LogP contribution is 2.29. The van der Waals surface area contributed by atoms with Crippen LogP contribution in [0, 0.1) is 0 Å². The second-order valence-corrected chi connectivity index (χ2v) is 5.32. The lowest BCUT2D eigenvalue weighted by molar-refractivity contribution is 0.152. The van der Waals surface area contributed by atoms with Gasteiger partial charge in [0.25, 0.3) is 0 Å². The van der Waals surface area contributed by atoms with E-state index in [9.17, 15) is 4.79 Å². The van der Waals surface area contributed by atoms with Crippen molar-refractivity contribution in [1.82, 2.24) is 5.43 Å². The highest BCUT2D eigenvalue weighted by molar-refractivity contribution is 7.99. The summed E-state index contributed by atoms with van der Waals surface area (Å²) in [7, 11) is 0. The van der Waals surface area contributed by atoms with Gasteiger partial charge < -0.3 is 9.15 Å². The van der Waals surface area contributed by atoms with Crippen molar-refractivity contribution in [3.05, 3.63) is 47.2 Å². The molecule has 0 saturated heterocycles. The van der Waals surface area contributed by atoms with Gasteiger partial charge in [-0.15, -0.1) is 0 Å². The van der Waals surface area contributed by atoms with Gasteiger partial charge >= 0.3 is 6.09 Å². The molecule has 110 valence electrons. The van der Waals surface area contributed by atoms with Crippen LogP contribution in [0.2, 0.25) is 5.02 Å². The summed E-state index contributed by atoms with van der Waals surface area (Å²) < 4.78 is 10.2. The molecule has 0 aliphatic heterocycles. The van der Waals surface area contributed by atoms with Crippen LogP contribution in [0.15, 0.2) is 55.9 Å². The van der Waals surface area contributed by atoms with Crippen molar-refractivity contribution in [3.8, 4) is 0 Å². The van der Waals surface area contributed by atoms with Crippen LogP contribution in [0.1, 0.15) is 12.7 Å². The lowest BCUT2D eigenvalue weighted by Crippen LogP contribution is -2.18. The highest BCUT2D eigenvalue weighted by atomic mass is 35.5. The number of hydrogen-bond donors (Lipinski definition) is 1. The Hall–Kier alpha value is -1.92. The predicted molar refractivity (Wildman–Crippen MR) is 82.0 cm³/mol. The molecular formula is C14H13ClN2O3S. The molecular weight excluding hydrogens is 312 g/mol. The molecule has 5 nitrogen and oxygen atoms in total. The number of carbonyl (C=O) groups is 1. The molecule has 1 aromatic carbocycles. The van der Waals surface area contributed by atoms with Crippen LogP contribution < -0.4 is 5.43 Å². The van der Waals surface area contributed by atoms with Gasteiger partial charge in [0.1, 0.15) is 5.76 Å². The number of hydrogen-bond acceptors (Lipinski definition) is 5. The third-order valence-electron chi connectivity index (χ3n) is 2.26. The number of halogens is 1. The van der Waals surface area contributed by atoms with E-state index in [4.69, 9.17) is 16.0 Å². The summed E-state index contributed by atoms with van der Waals surface area (Å²) >= 11 is 7.30. The first kappa shape index (κ1) is 15.5. The molecule has 1 aromatic heterocycles. The predicted octanol–water partition coefficient (Wildman–Crippen LogP) is 4.16. The number of hydrazone groups is 1. The minimum absolute atomic E-state index is 0.296. The second-order valence-electron chi connectivity index (χ2n) is 3.80. The third kappa shape index (κ3) is 5.17. The Labute approximate surface area is 131 Å². The number of nitrogens with one attached hydrogen (secondary N) is 1. The standard InChI is InChI=1S/C14H13ClN2O3S/c1-2-19-14(18)17-16-9-11-5-8-13(20-11)21-12-6-3-10(15)4-7-12/h3-9H,2H2,1H3,(H,17,18)/b16-9-. The third-order valence-corrected chi connectivity index (χ3v) is 3.44. The lowest BCUT2D eigenvalue weighted by atomic mass is 10.4. The van der Waals surface area contributed by atoms with E-state index in [1.54, 1.807) is 13.0 Å². The van der Waals surface area contributed by atoms with Gasteiger partial charge in [-0.05, 0) is 43.3 Å². The molecule has 2 aromatic rings. The molecule has 0 unspecified atom stereocenters. The van der Waals surface area contributed by atoms with Crippen molar-refractivity contribution in [2.45, 2.75) is 16.9 Å². The molecule has 0 fully saturated rings. The first-order chi connectivity index (χ1) is 10.2. The maximum Gasteiger partial charge on any atom is 0.427 e. The van der Waals surface area contributed by atoms with Gasteiger partial charge in [0.2, 0.25) is 0 Å². The molecule has 0 saturated carbocycles. The van der Waals surface area contributed by atoms with Crippen molar-refractivity contribution in [3.63, 3.8) is 0 Å². The topological polar surface area (TPSA) is 63.8 Å². The first-order valence-electron chi connectivity index (χ1n) is 6.16. The normalized spacial score (nSPS) is 10.8. The monoisotopic (exact) mass is 324 g/mol. The van der Waals surface area contributed by atoms with E-state index in [1.807, 2.05) is 30.3 Å². The summed E-state index contributed by atoms with van der Waals surface area (Å²) in [6, 6.07) is 11.0. The Morgan fingerprint density at radius 1 is 1.38 bits per heavy atom. The molecule has 0 aliphatic carbocycles. The fraction of sp³-hybridized carbons (Fsp3) is 0.143. The number of nitrogens with zero attached hydrogens (tertiary/aromatic N) is 1. The minimum atomic E-state index is -0.601. The number of furan rings is 1. The van der Waals surface area contributed by atoms with Crippen LogP contribution in [-0.2, 0) is 4.74 Å². The van der Waals surface area contributed by atoms with Crippen molar-refractivity contribution < 1.29 is 13.9 Å². The van der Waals surface area contributed by atoms with Gasteiger partial charge in [0.15, 0.2) is 5.09 Å². The SMILES string of the molecule is CCOC(=O)N/N=C\c1ccc(Sc2ccc(Cl)cc2)o1. The number of amides is 1. The quantitative estimate of drug-likeness (QED) is 0.662. The molecule has 0 radical (unpaired) electrons. The van der Waals surface area contributed by atoms with E-state index in [-0.39, 0.29) is 0 Å². The summed E-state index contributed by atoms with van der Waals surface area (Å²) in [4.78, 5) is 12.0.